The van der Waals surface area contributed by atoms with Crippen molar-refractivity contribution in [3.05, 3.63) is 23.8 Å². The van der Waals surface area contributed by atoms with E-state index in [9.17, 15) is 8.42 Å². The number of piperidine rings is 1. The fourth-order valence-corrected chi connectivity index (χ4v) is 3.37. The Kier molecular flexibility index (Phi) is 4.52. The molecule has 0 saturated carbocycles. The van der Waals surface area contributed by atoms with Gasteiger partial charge in [-0.2, -0.15) is 0 Å². The van der Waals surface area contributed by atoms with Gasteiger partial charge in [0, 0.05) is 12.6 Å². The Labute approximate surface area is 119 Å². The number of nitrogens with two attached hydrogens (primary N) is 1. The van der Waals surface area contributed by atoms with E-state index in [-0.39, 0.29) is 6.04 Å². The van der Waals surface area contributed by atoms with Crippen LogP contribution in [-0.2, 0) is 10.0 Å². The molecule has 3 N–H and O–H groups in total. The molecule has 1 aromatic carbocycles. The van der Waals surface area contributed by atoms with Crippen molar-refractivity contribution in [3.63, 3.8) is 0 Å². The van der Waals surface area contributed by atoms with E-state index in [4.69, 9.17) is 14.6 Å². The second-order valence-corrected chi connectivity index (χ2v) is 6.67. The van der Waals surface area contributed by atoms with E-state index >= 15 is 0 Å². The summed E-state index contributed by atoms with van der Waals surface area (Å²) in [6.07, 6.45) is 1.19. The van der Waals surface area contributed by atoms with Crippen molar-refractivity contribution < 1.29 is 17.9 Å². The van der Waals surface area contributed by atoms with Crippen LogP contribution < -0.4 is 19.9 Å². The Morgan fingerprint density at radius 1 is 1.20 bits per heavy atom. The maximum absolute atomic E-state index is 11.4. The van der Waals surface area contributed by atoms with Crippen LogP contribution in [0.15, 0.2) is 18.2 Å². The molecule has 7 heteroatoms. The van der Waals surface area contributed by atoms with Crippen LogP contribution in [0.1, 0.15) is 24.4 Å². The highest BCUT2D eigenvalue weighted by Gasteiger charge is 2.31. The first-order valence-electron chi connectivity index (χ1n) is 6.43. The van der Waals surface area contributed by atoms with Gasteiger partial charge in [0.25, 0.3) is 0 Å². The average Bonchev–Trinajstić information content (AvgIpc) is 2.45. The lowest BCUT2D eigenvalue weighted by molar-refractivity contribution is 0.348. The molecule has 0 aromatic heterocycles. The molecule has 2 unspecified atom stereocenters. The molecule has 20 heavy (non-hydrogen) atoms. The minimum Gasteiger partial charge on any atom is -0.496 e. The summed E-state index contributed by atoms with van der Waals surface area (Å²) >= 11 is 0. The third kappa shape index (κ3) is 3.05. The van der Waals surface area contributed by atoms with E-state index < -0.39 is 15.3 Å². The molecule has 0 radical (unpaired) electrons. The molecular weight excluding hydrogens is 280 g/mol. The largest absolute Gasteiger partial charge is 0.496 e. The van der Waals surface area contributed by atoms with Gasteiger partial charge >= 0.3 is 0 Å². The number of nitrogens with one attached hydrogen (secondary N) is 1. The fraction of sp³-hybridized carbons (Fsp3) is 0.538. The molecule has 0 spiro atoms. The number of rotatable bonds is 4. The van der Waals surface area contributed by atoms with Gasteiger partial charge in [-0.25, -0.2) is 13.6 Å². The van der Waals surface area contributed by atoms with Crippen molar-refractivity contribution in [1.82, 2.24) is 5.32 Å². The quantitative estimate of drug-likeness (QED) is 0.857. The topological polar surface area (TPSA) is 90.7 Å². The van der Waals surface area contributed by atoms with Crippen molar-refractivity contribution in [2.45, 2.75) is 24.1 Å². The van der Waals surface area contributed by atoms with Crippen molar-refractivity contribution >= 4 is 10.0 Å². The molecule has 0 bridgehead atoms. The molecule has 0 amide bonds. The van der Waals surface area contributed by atoms with E-state index in [1.54, 1.807) is 14.2 Å². The van der Waals surface area contributed by atoms with E-state index in [0.717, 1.165) is 17.1 Å². The van der Waals surface area contributed by atoms with Crippen LogP contribution >= 0.6 is 0 Å². The normalized spacial score (nSPS) is 23.4. The van der Waals surface area contributed by atoms with Crippen molar-refractivity contribution in [3.8, 4) is 11.5 Å². The summed E-state index contributed by atoms with van der Waals surface area (Å²) in [4.78, 5) is 0. The molecule has 1 heterocycles. The van der Waals surface area contributed by atoms with Crippen LogP contribution in [-0.4, -0.2) is 34.4 Å². The zero-order valence-corrected chi connectivity index (χ0v) is 12.4. The van der Waals surface area contributed by atoms with Gasteiger partial charge in [-0.3, -0.25) is 0 Å². The third-order valence-electron chi connectivity index (χ3n) is 3.65. The van der Waals surface area contributed by atoms with Crippen molar-refractivity contribution in [2.75, 3.05) is 20.8 Å². The first-order valence-corrected chi connectivity index (χ1v) is 8.04. The number of hydrogen-bond acceptors (Lipinski definition) is 5. The van der Waals surface area contributed by atoms with Gasteiger partial charge < -0.3 is 14.8 Å². The van der Waals surface area contributed by atoms with Crippen LogP contribution in [0.3, 0.4) is 0 Å². The molecule has 1 aliphatic heterocycles. The van der Waals surface area contributed by atoms with Gasteiger partial charge in [-0.1, -0.05) is 6.07 Å². The maximum Gasteiger partial charge on any atom is 0.213 e. The molecule has 1 aromatic rings. The van der Waals surface area contributed by atoms with Gasteiger partial charge in [0.1, 0.15) is 11.5 Å². The Morgan fingerprint density at radius 2 is 1.80 bits per heavy atom. The lowest BCUT2D eigenvalue weighted by atomic mass is 9.95. The fourth-order valence-electron chi connectivity index (χ4n) is 2.58. The summed E-state index contributed by atoms with van der Waals surface area (Å²) in [6.45, 7) is 0.338. The standard InChI is InChI=1S/C13H20N2O4S/c1-18-11-4-3-5-12(19-2)13(11)10-7-6-9(8-15-10)20(14,16)17/h3-5,9-10,15H,6-8H2,1-2H3,(H2,14,16,17). The number of hydrogen-bond donors (Lipinski definition) is 2. The summed E-state index contributed by atoms with van der Waals surface area (Å²) in [7, 11) is -0.277. The zero-order chi connectivity index (χ0) is 14.8. The maximum atomic E-state index is 11.4. The second kappa shape index (κ2) is 5.99. The molecule has 112 valence electrons. The predicted octanol–water partition coefficient (Wildman–Crippen LogP) is 0.785. The van der Waals surface area contributed by atoms with Crippen LogP contribution in [0.5, 0.6) is 11.5 Å². The Hall–Kier alpha value is -1.31. The first kappa shape index (κ1) is 15.1. The van der Waals surface area contributed by atoms with Gasteiger partial charge in [0.15, 0.2) is 0 Å². The van der Waals surface area contributed by atoms with E-state index in [0.29, 0.717) is 19.4 Å². The van der Waals surface area contributed by atoms with Crippen molar-refractivity contribution in [1.29, 1.82) is 0 Å². The average molecular weight is 300 g/mol. The van der Waals surface area contributed by atoms with E-state index in [2.05, 4.69) is 5.32 Å². The minimum atomic E-state index is -3.49. The van der Waals surface area contributed by atoms with Gasteiger partial charge in [-0.15, -0.1) is 0 Å². The van der Waals surface area contributed by atoms with Crippen LogP contribution in [0.4, 0.5) is 0 Å². The molecule has 1 saturated heterocycles. The van der Waals surface area contributed by atoms with E-state index in [1.165, 1.54) is 0 Å². The highest BCUT2D eigenvalue weighted by Crippen LogP contribution is 2.37. The molecule has 0 aliphatic carbocycles. The molecule has 6 nitrogen and oxygen atoms in total. The molecule has 1 aliphatic rings. The SMILES string of the molecule is COc1cccc(OC)c1C1CCC(S(N)(=O)=O)CN1. The molecular formula is C13H20N2O4S. The molecule has 2 atom stereocenters. The third-order valence-corrected chi connectivity index (χ3v) is 4.98. The first-order chi connectivity index (χ1) is 9.47. The smallest absolute Gasteiger partial charge is 0.213 e. The van der Waals surface area contributed by atoms with Gasteiger partial charge in [-0.05, 0) is 25.0 Å². The van der Waals surface area contributed by atoms with Crippen molar-refractivity contribution in [2.24, 2.45) is 5.14 Å². The summed E-state index contributed by atoms with van der Waals surface area (Å²) in [5.41, 5.74) is 0.922. The number of benzene rings is 1. The summed E-state index contributed by atoms with van der Waals surface area (Å²) in [6, 6.07) is 5.59. The lowest BCUT2D eigenvalue weighted by Crippen LogP contribution is -2.43. The summed E-state index contributed by atoms with van der Waals surface area (Å²) in [5, 5.41) is 7.88. The van der Waals surface area contributed by atoms with Gasteiger partial charge in [0.2, 0.25) is 10.0 Å². The highest BCUT2D eigenvalue weighted by atomic mass is 32.2. The van der Waals surface area contributed by atoms with Crippen LogP contribution in [0.25, 0.3) is 0 Å². The lowest BCUT2D eigenvalue weighted by Gasteiger charge is -2.30. The van der Waals surface area contributed by atoms with Crippen LogP contribution in [0.2, 0.25) is 0 Å². The van der Waals surface area contributed by atoms with Crippen LogP contribution in [0, 0.1) is 0 Å². The Bertz CT molecular complexity index is 543. The zero-order valence-electron chi connectivity index (χ0n) is 11.6. The monoisotopic (exact) mass is 300 g/mol. The predicted molar refractivity (Wildman–Crippen MR) is 76.4 cm³/mol. The van der Waals surface area contributed by atoms with Gasteiger partial charge in [0.05, 0.1) is 25.0 Å². The second-order valence-electron chi connectivity index (χ2n) is 4.83. The summed E-state index contributed by atoms with van der Waals surface area (Å²) in [5.74, 6) is 1.46. The number of methoxy groups -OCH3 is 2. The minimum absolute atomic E-state index is 0.000833. The number of sulfonamides is 1. The number of primary sulfonamides is 1. The number of ether oxygens (including phenoxy) is 2. The highest BCUT2D eigenvalue weighted by molar-refractivity contribution is 7.89. The Morgan fingerprint density at radius 3 is 2.20 bits per heavy atom. The Balaban J connectivity index is 2.22. The molecule has 1 fully saturated rings. The van der Waals surface area contributed by atoms with E-state index in [1.807, 2.05) is 18.2 Å². The molecule has 2 rings (SSSR count). The summed E-state index contributed by atoms with van der Waals surface area (Å²) < 4.78 is 33.5.